The zero-order chi connectivity index (χ0) is 19.7. The first-order chi connectivity index (χ1) is 13.5. The van der Waals surface area contributed by atoms with E-state index in [-0.39, 0.29) is 11.5 Å². The third-order valence-corrected chi connectivity index (χ3v) is 5.13. The van der Waals surface area contributed by atoms with E-state index in [4.69, 9.17) is 9.15 Å². The molecule has 0 saturated heterocycles. The Morgan fingerprint density at radius 3 is 3.00 bits per heavy atom. The summed E-state index contributed by atoms with van der Waals surface area (Å²) in [4.78, 5) is 30.6. The van der Waals surface area contributed by atoms with Crippen molar-refractivity contribution in [3.63, 3.8) is 0 Å². The highest BCUT2D eigenvalue weighted by Crippen LogP contribution is 2.24. The van der Waals surface area contributed by atoms with E-state index in [2.05, 4.69) is 9.55 Å². The number of fused-ring (bicyclic) bond motifs is 2. The van der Waals surface area contributed by atoms with Gasteiger partial charge in [-0.1, -0.05) is 6.92 Å². The van der Waals surface area contributed by atoms with E-state index in [1.165, 1.54) is 6.07 Å². The highest BCUT2D eigenvalue weighted by molar-refractivity contribution is 5.83. The molecule has 3 aromatic rings. The van der Waals surface area contributed by atoms with Gasteiger partial charge in [-0.3, -0.25) is 4.79 Å². The van der Waals surface area contributed by atoms with Crippen molar-refractivity contribution < 1.29 is 13.9 Å². The third-order valence-electron chi connectivity index (χ3n) is 5.13. The van der Waals surface area contributed by atoms with Crippen molar-refractivity contribution in [2.45, 2.75) is 45.9 Å². The Balaban J connectivity index is 1.52. The van der Waals surface area contributed by atoms with Gasteiger partial charge in [0.05, 0.1) is 18.6 Å². The van der Waals surface area contributed by atoms with Crippen molar-refractivity contribution in [1.82, 2.24) is 14.5 Å². The number of aromatic nitrogens is 2. The summed E-state index contributed by atoms with van der Waals surface area (Å²) >= 11 is 0. The Bertz CT molecular complexity index is 1070. The second-order valence-corrected chi connectivity index (χ2v) is 7.05. The number of amides is 1. The van der Waals surface area contributed by atoms with Crippen molar-refractivity contribution in [3.8, 4) is 5.75 Å². The van der Waals surface area contributed by atoms with Gasteiger partial charge in [-0.25, -0.2) is 9.78 Å². The Morgan fingerprint density at radius 2 is 2.18 bits per heavy atom. The Hall–Kier alpha value is -3.09. The summed E-state index contributed by atoms with van der Waals surface area (Å²) in [5.74, 6) is 0.433. The van der Waals surface area contributed by atoms with Crippen molar-refractivity contribution in [2.24, 2.45) is 0 Å². The van der Waals surface area contributed by atoms with E-state index < -0.39 is 6.10 Å². The normalized spacial score (nSPS) is 15.1. The van der Waals surface area contributed by atoms with Gasteiger partial charge in [0, 0.05) is 36.8 Å². The Kier molecular flexibility index (Phi) is 4.90. The first-order valence-electron chi connectivity index (χ1n) is 9.56. The largest absolute Gasteiger partial charge is 0.481 e. The molecule has 0 aliphatic carbocycles. The van der Waals surface area contributed by atoms with Crippen molar-refractivity contribution >= 4 is 16.9 Å². The minimum atomic E-state index is -0.645. The lowest BCUT2D eigenvalue weighted by Gasteiger charge is -2.24. The Morgan fingerprint density at radius 1 is 1.32 bits per heavy atom. The van der Waals surface area contributed by atoms with Crippen molar-refractivity contribution in [3.05, 3.63) is 58.5 Å². The predicted molar refractivity (Wildman–Crippen MR) is 104 cm³/mol. The van der Waals surface area contributed by atoms with Crippen LogP contribution in [-0.2, 0) is 24.3 Å². The van der Waals surface area contributed by atoms with Gasteiger partial charge in [-0.2, -0.15) is 0 Å². The molecule has 1 atom stereocenters. The molecule has 0 radical (unpaired) electrons. The molecule has 7 nitrogen and oxygen atoms in total. The number of ether oxygens (including phenoxy) is 1. The van der Waals surface area contributed by atoms with E-state index in [0.29, 0.717) is 24.4 Å². The van der Waals surface area contributed by atoms with Crippen LogP contribution in [0.15, 0.2) is 46.0 Å². The fourth-order valence-electron chi connectivity index (χ4n) is 3.66. The number of carbonyl (C=O) groups is 1. The maximum absolute atomic E-state index is 12.9. The molecule has 1 amide bonds. The summed E-state index contributed by atoms with van der Waals surface area (Å²) in [6, 6.07) is 6.87. The summed E-state index contributed by atoms with van der Waals surface area (Å²) in [5, 5.41) is 0.884. The van der Waals surface area contributed by atoms with Crippen LogP contribution in [0, 0.1) is 0 Å². The van der Waals surface area contributed by atoms with E-state index in [9.17, 15) is 9.59 Å². The number of hydrogen-bond donors (Lipinski definition) is 0. The second kappa shape index (κ2) is 7.50. The molecular weight excluding hydrogens is 358 g/mol. The average molecular weight is 381 g/mol. The van der Waals surface area contributed by atoms with Gasteiger partial charge in [-0.05, 0) is 37.5 Å². The molecule has 0 bridgehead atoms. The SMILES string of the molecule is CCc1cc(=O)oc2cc(OC(C)C(=O)N3CCCn4cncc4C3)ccc12. The van der Waals surface area contributed by atoms with Crippen LogP contribution in [0.25, 0.3) is 11.0 Å². The molecule has 0 N–H and O–H groups in total. The molecule has 0 fully saturated rings. The summed E-state index contributed by atoms with van der Waals surface area (Å²) in [6.07, 6.45) is 4.57. The number of rotatable bonds is 4. The predicted octanol–water partition coefficient (Wildman–Crippen LogP) is 2.75. The maximum Gasteiger partial charge on any atom is 0.336 e. The van der Waals surface area contributed by atoms with E-state index in [0.717, 1.165) is 36.0 Å². The van der Waals surface area contributed by atoms with E-state index >= 15 is 0 Å². The number of imidazole rings is 1. The molecule has 0 spiro atoms. The lowest BCUT2D eigenvalue weighted by molar-refractivity contribution is -0.138. The lowest BCUT2D eigenvalue weighted by Crippen LogP contribution is -2.40. The maximum atomic E-state index is 12.9. The van der Waals surface area contributed by atoms with Crippen LogP contribution in [0.5, 0.6) is 5.75 Å². The quantitative estimate of drug-likeness (QED) is 0.650. The first-order valence-corrected chi connectivity index (χ1v) is 9.56. The van der Waals surface area contributed by atoms with Crippen molar-refractivity contribution in [1.29, 1.82) is 0 Å². The zero-order valence-electron chi connectivity index (χ0n) is 16.1. The van der Waals surface area contributed by atoms with Crippen LogP contribution in [0.2, 0.25) is 0 Å². The molecule has 146 valence electrons. The average Bonchev–Trinajstić information content (AvgIpc) is 3.03. The number of hydrogen-bond acceptors (Lipinski definition) is 5. The fraction of sp³-hybridized carbons (Fsp3) is 0.381. The van der Waals surface area contributed by atoms with Crippen LogP contribution in [0.3, 0.4) is 0 Å². The summed E-state index contributed by atoms with van der Waals surface area (Å²) in [5.41, 5.74) is 2.05. The van der Waals surface area contributed by atoms with Gasteiger partial charge in [0.25, 0.3) is 5.91 Å². The standard InChI is InChI=1S/C21H23N3O4/c1-3-15-9-20(25)28-19-10-17(5-6-18(15)19)27-14(2)21(26)23-7-4-8-24-13-22-11-16(24)12-23/h5-6,9-11,13-14H,3-4,7-8,12H2,1-2H3. The van der Waals surface area contributed by atoms with Gasteiger partial charge in [-0.15, -0.1) is 0 Å². The summed E-state index contributed by atoms with van der Waals surface area (Å²) in [7, 11) is 0. The van der Waals surface area contributed by atoms with Crippen LogP contribution >= 0.6 is 0 Å². The molecule has 1 aliphatic heterocycles. The van der Waals surface area contributed by atoms with E-state index in [1.54, 1.807) is 25.5 Å². The van der Waals surface area contributed by atoms with Gasteiger partial charge in [0.1, 0.15) is 11.3 Å². The van der Waals surface area contributed by atoms with Crippen LogP contribution < -0.4 is 10.4 Å². The van der Waals surface area contributed by atoms with Crippen LogP contribution in [0.4, 0.5) is 0 Å². The molecule has 2 aromatic heterocycles. The molecule has 4 rings (SSSR count). The van der Waals surface area contributed by atoms with Gasteiger partial charge < -0.3 is 18.6 Å². The van der Waals surface area contributed by atoms with Gasteiger partial charge in [0.2, 0.25) is 0 Å². The monoisotopic (exact) mass is 381 g/mol. The molecule has 7 heteroatoms. The lowest BCUT2D eigenvalue weighted by atomic mass is 10.1. The van der Waals surface area contributed by atoms with Crippen LogP contribution in [-0.4, -0.2) is 33.0 Å². The smallest absolute Gasteiger partial charge is 0.336 e. The molecule has 28 heavy (non-hydrogen) atoms. The summed E-state index contributed by atoms with van der Waals surface area (Å²) in [6.45, 7) is 5.80. The molecule has 1 aromatic carbocycles. The number of nitrogens with zero attached hydrogens (tertiary/aromatic N) is 3. The zero-order valence-corrected chi connectivity index (χ0v) is 16.1. The topological polar surface area (TPSA) is 77.6 Å². The second-order valence-electron chi connectivity index (χ2n) is 7.05. The van der Waals surface area contributed by atoms with E-state index in [1.807, 2.05) is 24.0 Å². The minimum absolute atomic E-state index is 0.0708. The number of aryl methyl sites for hydroxylation is 2. The molecule has 1 aliphatic rings. The number of carbonyl (C=O) groups excluding carboxylic acids is 1. The Labute approximate surface area is 162 Å². The van der Waals surface area contributed by atoms with Gasteiger partial charge >= 0.3 is 5.63 Å². The summed E-state index contributed by atoms with van der Waals surface area (Å²) < 4.78 is 13.3. The van der Waals surface area contributed by atoms with Gasteiger partial charge in [0.15, 0.2) is 6.10 Å². The number of benzene rings is 1. The minimum Gasteiger partial charge on any atom is -0.481 e. The fourth-order valence-corrected chi connectivity index (χ4v) is 3.66. The molecule has 1 unspecified atom stereocenters. The molecule has 3 heterocycles. The van der Waals surface area contributed by atoms with Crippen LogP contribution in [0.1, 0.15) is 31.5 Å². The molecular formula is C21H23N3O4. The first kappa shape index (κ1) is 18.3. The third kappa shape index (κ3) is 3.52. The highest BCUT2D eigenvalue weighted by Gasteiger charge is 2.25. The molecule has 0 saturated carbocycles. The van der Waals surface area contributed by atoms with Crippen molar-refractivity contribution in [2.75, 3.05) is 6.54 Å². The highest BCUT2D eigenvalue weighted by atomic mass is 16.5.